The molecule has 1 heterocycles. The largest absolute Gasteiger partial charge is 0.348 e. The van der Waals surface area contributed by atoms with Gasteiger partial charge in [-0.3, -0.25) is 9.69 Å². The van der Waals surface area contributed by atoms with Crippen LogP contribution in [0.1, 0.15) is 44.9 Å². The van der Waals surface area contributed by atoms with Crippen LogP contribution in [-0.4, -0.2) is 62.0 Å². The maximum atomic E-state index is 11.7. The molecule has 0 radical (unpaired) electrons. The minimum Gasteiger partial charge on any atom is -0.348 e. The molecule has 0 unspecified atom stereocenters. The van der Waals surface area contributed by atoms with Crippen LogP contribution in [0.4, 0.5) is 0 Å². The normalized spacial score (nSPS) is 22.9. The molecule has 2 rings (SSSR count). The number of nitrogens with one attached hydrogen (secondary N) is 1. The highest BCUT2D eigenvalue weighted by Gasteiger charge is 2.22. The van der Waals surface area contributed by atoms with Gasteiger partial charge in [0.05, 0.1) is 6.54 Å². The molecular weight excluding hydrogens is 250 g/mol. The van der Waals surface area contributed by atoms with Gasteiger partial charge in [-0.05, 0) is 38.1 Å². The van der Waals surface area contributed by atoms with E-state index in [1.54, 1.807) is 4.90 Å². The number of carbonyl (C=O) groups is 1. The monoisotopic (exact) mass is 281 g/mol. The van der Waals surface area contributed by atoms with Crippen LogP contribution in [0, 0.1) is 5.92 Å². The van der Waals surface area contributed by atoms with E-state index in [1.165, 1.54) is 51.5 Å². The van der Waals surface area contributed by atoms with Gasteiger partial charge in [0.2, 0.25) is 5.91 Å². The number of hydrogen-bond donors (Lipinski definition) is 1. The quantitative estimate of drug-likeness (QED) is 0.833. The fourth-order valence-corrected chi connectivity index (χ4v) is 3.35. The molecule has 2 aliphatic rings. The van der Waals surface area contributed by atoms with E-state index in [4.69, 9.17) is 0 Å². The molecule has 0 atom stereocenters. The number of piperidine rings is 1. The average molecular weight is 281 g/mol. The second kappa shape index (κ2) is 7.99. The van der Waals surface area contributed by atoms with Crippen LogP contribution in [0.25, 0.3) is 0 Å². The zero-order valence-corrected chi connectivity index (χ0v) is 13.2. The Balaban J connectivity index is 1.60. The summed E-state index contributed by atoms with van der Waals surface area (Å²) in [5.41, 5.74) is 0. The number of likely N-dealkylation sites (tertiary alicyclic amines) is 1. The summed E-state index contributed by atoms with van der Waals surface area (Å²) >= 11 is 0. The van der Waals surface area contributed by atoms with Crippen molar-refractivity contribution in [3.8, 4) is 0 Å². The molecule has 1 aliphatic carbocycles. The summed E-state index contributed by atoms with van der Waals surface area (Å²) in [6.07, 6.45) is 9.51. The Bertz CT molecular complexity index is 292. The third kappa shape index (κ3) is 5.06. The van der Waals surface area contributed by atoms with Gasteiger partial charge in [-0.15, -0.1) is 0 Å². The number of nitrogens with zero attached hydrogens (tertiary/aromatic N) is 2. The topological polar surface area (TPSA) is 35.6 Å². The molecule has 1 aliphatic heterocycles. The molecular formula is C16H31N3O. The first kappa shape index (κ1) is 15.8. The van der Waals surface area contributed by atoms with Gasteiger partial charge in [0, 0.05) is 33.2 Å². The molecule has 0 aromatic carbocycles. The summed E-state index contributed by atoms with van der Waals surface area (Å²) in [6, 6.07) is 0.669. The van der Waals surface area contributed by atoms with Crippen LogP contribution in [-0.2, 0) is 4.79 Å². The van der Waals surface area contributed by atoms with E-state index in [1.807, 2.05) is 14.1 Å². The Morgan fingerprint density at radius 2 is 1.75 bits per heavy atom. The number of carbonyl (C=O) groups excluding carboxylic acids is 1. The van der Waals surface area contributed by atoms with Gasteiger partial charge in [-0.2, -0.15) is 0 Å². The Hall–Kier alpha value is -0.610. The molecule has 1 N–H and O–H groups in total. The van der Waals surface area contributed by atoms with Crippen LogP contribution < -0.4 is 5.32 Å². The summed E-state index contributed by atoms with van der Waals surface area (Å²) in [7, 11) is 3.67. The second-order valence-electron chi connectivity index (χ2n) is 6.75. The lowest BCUT2D eigenvalue weighted by Gasteiger charge is -2.33. The van der Waals surface area contributed by atoms with Crippen molar-refractivity contribution in [2.45, 2.75) is 51.0 Å². The van der Waals surface area contributed by atoms with Crippen molar-refractivity contribution in [2.75, 3.05) is 40.3 Å². The van der Waals surface area contributed by atoms with Gasteiger partial charge in [-0.1, -0.05) is 19.3 Å². The molecule has 4 nitrogen and oxygen atoms in total. The van der Waals surface area contributed by atoms with E-state index in [9.17, 15) is 4.79 Å². The van der Waals surface area contributed by atoms with Crippen LogP contribution in [0.2, 0.25) is 0 Å². The molecule has 1 amide bonds. The van der Waals surface area contributed by atoms with Crippen LogP contribution in [0.5, 0.6) is 0 Å². The highest BCUT2D eigenvalue weighted by molar-refractivity contribution is 5.77. The first-order valence-corrected chi connectivity index (χ1v) is 8.31. The molecule has 0 aromatic heterocycles. The molecule has 20 heavy (non-hydrogen) atoms. The van der Waals surface area contributed by atoms with Gasteiger partial charge in [0.25, 0.3) is 0 Å². The predicted molar refractivity (Wildman–Crippen MR) is 82.7 cm³/mol. The summed E-state index contributed by atoms with van der Waals surface area (Å²) in [6.45, 7) is 3.91. The van der Waals surface area contributed by atoms with Crippen molar-refractivity contribution in [2.24, 2.45) is 5.92 Å². The van der Waals surface area contributed by atoms with Gasteiger partial charge in [0.1, 0.15) is 0 Å². The number of rotatable bonds is 5. The molecule has 1 saturated carbocycles. The molecule has 0 spiro atoms. The maximum Gasteiger partial charge on any atom is 0.236 e. The molecule has 4 heteroatoms. The van der Waals surface area contributed by atoms with E-state index in [0.717, 1.165) is 19.0 Å². The molecule has 116 valence electrons. The van der Waals surface area contributed by atoms with Crippen molar-refractivity contribution >= 4 is 5.91 Å². The van der Waals surface area contributed by atoms with E-state index < -0.39 is 0 Å². The van der Waals surface area contributed by atoms with E-state index in [2.05, 4.69) is 10.2 Å². The highest BCUT2D eigenvalue weighted by atomic mass is 16.2. The fraction of sp³-hybridized carbons (Fsp3) is 0.938. The van der Waals surface area contributed by atoms with Crippen LogP contribution in [0.15, 0.2) is 0 Å². The molecule has 1 saturated heterocycles. The third-order valence-corrected chi connectivity index (χ3v) is 4.87. The summed E-state index contributed by atoms with van der Waals surface area (Å²) < 4.78 is 0. The van der Waals surface area contributed by atoms with Crippen molar-refractivity contribution in [3.63, 3.8) is 0 Å². The first-order valence-electron chi connectivity index (χ1n) is 8.31. The standard InChI is InChI=1S/C16H31N3O/c1-18(2)16(20)13-19-10-8-15(9-11-19)17-12-14-6-4-3-5-7-14/h14-15,17H,3-13H2,1-2H3. The van der Waals surface area contributed by atoms with Crippen LogP contribution >= 0.6 is 0 Å². The zero-order valence-electron chi connectivity index (χ0n) is 13.2. The van der Waals surface area contributed by atoms with Crippen LogP contribution in [0.3, 0.4) is 0 Å². The molecule has 0 aromatic rings. The molecule has 2 fully saturated rings. The first-order chi connectivity index (χ1) is 9.65. The summed E-state index contributed by atoms with van der Waals surface area (Å²) in [4.78, 5) is 15.7. The number of hydrogen-bond acceptors (Lipinski definition) is 3. The van der Waals surface area contributed by atoms with E-state index >= 15 is 0 Å². The Kier molecular flexibility index (Phi) is 6.30. The number of amides is 1. The van der Waals surface area contributed by atoms with Crippen molar-refractivity contribution in [1.29, 1.82) is 0 Å². The Morgan fingerprint density at radius 1 is 1.10 bits per heavy atom. The van der Waals surface area contributed by atoms with E-state index in [0.29, 0.717) is 12.6 Å². The Labute approximate surface area is 123 Å². The smallest absolute Gasteiger partial charge is 0.236 e. The second-order valence-corrected chi connectivity index (χ2v) is 6.75. The van der Waals surface area contributed by atoms with Gasteiger partial charge in [0.15, 0.2) is 0 Å². The third-order valence-electron chi connectivity index (χ3n) is 4.87. The average Bonchev–Trinajstić information content (AvgIpc) is 2.47. The maximum absolute atomic E-state index is 11.7. The van der Waals surface area contributed by atoms with Gasteiger partial charge >= 0.3 is 0 Å². The predicted octanol–water partition coefficient (Wildman–Crippen LogP) is 1.71. The van der Waals surface area contributed by atoms with Gasteiger partial charge in [-0.25, -0.2) is 0 Å². The lowest BCUT2D eigenvalue weighted by atomic mass is 9.89. The molecule has 0 bridgehead atoms. The van der Waals surface area contributed by atoms with Crippen molar-refractivity contribution in [3.05, 3.63) is 0 Å². The van der Waals surface area contributed by atoms with Gasteiger partial charge < -0.3 is 10.2 Å². The SMILES string of the molecule is CN(C)C(=O)CN1CCC(NCC2CCCCC2)CC1. The fourth-order valence-electron chi connectivity index (χ4n) is 3.35. The minimum atomic E-state index is 0.221. The van der Waals surface area contributed by atoms with Crippen molar-refractivity contribution in [1.82, 2.24) is 15.1 Å². The van der Waals surface area contributed by atoms with E-state index in [-0.39, 0.29) is 5.91 Å². The highest BCUT2D eigenvalue weighted by Crippen LogP contribution is 2.23. The number of likely N-dealkylation sites (N-methyl/N-ethyl adjacent to an activating group) is 1. The lowest BCUT2D eigenvalue weighted by Crippen LogP contribution is -2.46. The summed E-state index contributed by atoms with van der Waals surface area (Å²) in [5, 5.41) is 3.77. The summed E-state index contributed by atoms with van der Waals surface area (Å²) in [5.74, 6) is 1.13. The van der Waals surface area contributed by atoms with Crippen molar-refractivity contribution < 1.29 is 4.79 Å². The minimum absolute atomic E-state index is 0.221. The zero-order chi connectivity index (χ0) is 14.4. The lowest BCUT2D eigenvalue weighted by molar-refractivity contribution is -0.130. The Morgan fingerprint density at radius 3 is 2.35 bits per heavy atom.